The van der Waals surface area contributed by atoms with E-state index in [1.54, 1.807) is 18.3 Å². The van der Waals surface area contributed by atoms with Gasteiger partial charge in [-0.25, -0.2) is 9.37 Å². The van der Waals surface area contributed by atoms with Crippen molar-refractivity contribution in [1.29, 1.82) is 0 Å². The summed E-state index contributed by atoms with van der Waals surface area (Å²) in [6, 6.07) is 14.8. The van der Waals surface area contributed by atoms with E-state index in [0.29, 0.717) is 28.8 Å². The summed E-state index contributed by atoms with van der Waals surface area (Å²) < 4.78 is 14.0. The number of aromatic nitrogens is 1. The maximum Gasteiger partial charge on any atom is 0.136 e. The lowest BCUT2D eigenvalue weighted by molar-refractivity contribution is 0.640. The summed E-state index contributed by atoms with van der Waals surface area (Å²) in [6.45, 7) is 0.685. The van der Waals surface area contributed by atoms with Crippen LogP contribution in [0.4, 0.5) is 15.9 Å². The van der Waals surface area contributed by atoms with E-state index in [9.17, 15) is 4.39 Å². The van der Waals surface area contributed by atoms with Crippen molar-refractivity contribution in [2.45, 2.75) is 6.42 Å². The molecule has 0 unspecified atom stereocenters. The maximum atomic E-state index is 14.0. The predicted octanol–water partition coefficient (Wildman–Crippen LogP) is 3.61. The van der Waals surface area contributed by atoms with Crippen LogP contribution < -0.4 is 11.1 Å². The maximum absolute atomic E-state index is 14.0. The lowest BCUT2D eigenvalue weighted by atomic mass is 10.1. The number of fused-ring (bicyclic) bond motifs is 1. The first-order valence-corrected chi connectivity index (χ1v) is 6.86. The quantitative estimate of drug-likeness (QED) is 0.718. The van der Waals surface area contributed by atoms with Crippen LogP contribution in [0.1, 0.15) is 5.56 Å². The molecule has 3 aromatic rings. The molecule has 3 N–H and O–H groups in total. The molecule has 0 saturated heterocycles. The number of rotatable bonds is 4. The minimum absolute atomic E-state index is 0.311. The minimum atomic E-state index is -0.311. The summed E-state index contributed by atoms with van der Waals surface area (Å²) in [4.78, 5) is 4.23. The van der Waals surface area contributed by atoms with Crippen molar-refractivity contribution in [3.05, 3.63) is 66.1 Å². The van der Waals surface area contributed by atoms with Crippen LogP contribution in [0.3, 0.4) is 0 Å². The van der Waals surface area contributed by atoms with Crippen molar-refractivity contribution in [1.82, 2.24) is 4.98 Å². The zero-order chi connectivity index (χ0) is 14.7. The van der Waals surface area contributed by atoms with Gasteiger partial charge in [0.25, 0.3) is 0 Å². The second-order valence-electron chi connectivity index (χ2n) is 4.88. The van der Waals surface area contributed by atoms with Crippen LogP contribution in [0.5, 0.6) is 0 Å². The second kappa shape index (κ2) is 5.79. The molecule has 0 atom stereocenters. The molecule has 0 radical (unpaired) electrons. The molecule has 0 spiro atoms. The number of benzene rings is 2. The molecule has 21 heavy (non-hydrogen) atoms. The van der Waals surface area contributed by atoms with Crippen LogP contribution in [-0.4, -0.2) is 11.5 Å². The molecule has 2 aromatic carbocycles. The third kappa shape index (κ3) is 2.79. The second-order valence-corrected chi connectivity index (χ2v) is 4.88. The van der Waals surface area contributed by atoms with Gasteiger partial charge >= 0.3 is 0 Å². The van der Waals surface area contributed by atoms with E-state index in [0.717, 1.165) is 6.42 Å². The Labute approximate surface area is 122 Å². The van der Waals surface area contributed by atoms with Crippen molar-refractivity contribution >= 4 is 22.3 Å². The average Bonchev–Trinajstić information content (AvgIpc) is 2.52. The minimum Gasteiger partial charge on any atom is -0.398 e. The molecule has 0 aliphatic rings. The van der Waals surface area contributed by atoms with Crippen LogP contribution in [0.15, 0.2) is 54.7 Å². The van der Waals surface area contributed by atoms with Gasteiger partial charge in [0.1, 0.15) is 11.6 Å². The number of hydrogen-bond donors (Lipinski definition) is 2. The van der Waals surface area contributed by atoms with Crippen molar-refractivity contribution in [3.8, 4) is 0 Å². The van der Waals surface area contributed by atoms with Gasteiger partial charge in [0, 0.05) is 23.8 Å². The van der Waals surface area contributed by atoms with Crippen LogP contribution in [0.25, 0.3) is 10.8 Å². The Balaban J connectivity index is 1.83. The van der Waals surface area contributed by atoms with E-state index in [4.69, 9.17) is 5.73 Å². The molecule has 3 nitrogen and oxygen atoms in total. The van der Waals surface area contributed by atoms with E-state index in [1.807, 2.05) is 18.2 Å². The van der Waals surface area contributed by atoms with E-state index in [1.165, 1.54) is 11.6 Å². The van der Waals surface area contributed by atoms with E-state index in [-0.39, 0.29) is 5.82 Å². The summed E-state index contributed by atoms with van der Waals surface area (Å²) in [5, 5.41) is 4.33. The summed E-state index contributed by atoms with van der Waals surface area (Å²) in [6.07, 6.45) is 2.49. The molecule has 0 fully saturated rings. The van der Waals surface area contributed by atoms with Crippen molar-refractivity contribution in [2.75, 3.05) is 17.6 Å². The third-order valence-electron chi connectivity index (χ3n) is 3.46. The zero-order valence-corrected chi connectivity index (χ0v) is 11.5. The molecule has 0 bridgehead atoms. The molecule has 0 aliphatic carbocycles. The summed E-state index contributed by atoms with van der Waals surface area (Å²) in [5.74, 6) is 0.225. The Morgan fingerprint density at radius 1 is 1.05 bits per heavy atom. The first kappa shape index (κ1) is 13.4. The Bertz CT molecular complexity index is 757. The summed E-state index contributed by atoms with van der Waals surface area (Å²) in [7, 11) is 0. The number of halogens is 1. The molecular weight excluding hydrogens is 265 g/mol. The molecule has 1 aromatic heterocycles. The Kier molecular flexibility index (Phi) is 3.69. The monoisotopic (exact) mass is 281 g/mol. The lowest BCUT2D eigenvalue weighted by Crippen LogP contribution is -2.07. The number of nitrogens with two attached hydrogens (primary N) is 1. The highest BCUT2D eigenvalue weighted by Gasteiger charge is 2.09. The van der Waals surface area contributed by atoms with Crippen LogP contribution in [-0.2, 0) is 6.42 Å². The highest BCUT2D eigenvalue weighted by atomic mass is 19.1. The molecule has 106 valence electrons. The highest BCUT2D eigenvalue weighted by Crippen LogP contribution is 2.28. The normalized spacial score (nSPS) is 10.7. The topological polar surface area (TPSA) is 50.9 Å². The molecule has 0 amide bonds. The molecule has 0 saturated carbocycles. The van der Waals surface area contributed by atoms with Gasteiger partial charge in [-0.1, -0.05) is 30.3 Å². The first-order valence-electron chi connectivity index (χ1n) is 6.86. The largest absolute Gasteiger partial charge is 0.398 e. The number of nitrogens with one attached hydrogen (secondary N) is 1. The molecule has 3 rings (SSSR count). The molecule has 4 heteroatoms. The Hall–Kier alpha value is -2.62. The van der Waals surface area contributed by atoms with Gasteiger partial charge in [-0.05, 0) is 30.2 Å². The first-order chi connectivity index (χ1) is 10.3. The average molecular weight is 281 g/mol. The fourth-order valence-corrected chi connectivity index (χ4v) is 2.38. The van der Waals surface area contributed by atoms with Gasteiger partial charge in [-0.3, -0.25) is 0 Å². The summed E-state index contributed by atoms with van der Waals surface area (Å²) >= 11 is 0. The highest BCUT2D eigenvalue weighted by molar-refractivity contribution is 5.99. The summed E-state index contributed by atoms with van der Waals surface area (Å²) in [5.41, 5.74) is 7.67. The van der Waals surface area contributed by atoms with Gasteiger partial charge in [0.2, 0.25) is 0 Å². The van der Waals surface area contributed by atoms with Gasteiger partial charge in [-0.2, -0.15) is 0 Å². The van der Waals surface area contributed by atoms with Crippen molar-refractivity contribution in [3.63, 3.8) is 0 Å². The van der Waals surface area contributed by atoms with Crippen molar-refractivity contribution < 1.29 is 4.39 Å². The number of nitrogens with zero attached hydrogens (tertiary/aromatic N) is 1. The van der Waals surface area contributed by atoms with Crippen LogP contribution in [0.2, 0.25) is 0 Å². The van der Waals surface area contributed by atoms with Crippen LogP contribution >= 0.6 is 0 Å². The fraction of sp³-hybridized carbons (Fsp3) is 0.118. The number of anilines is 2. The van der Waals surface area contributed by atoms with Gasteiger partial charge in [0.15, 0.2) is 0 Å². The Morgan fingerprint density at radius 2 is 1.86 bits per heavy atom. The van der Waals surface area contributed by atoms with E-state index in [2.05, 4.69) is 22.4 Å². The van der Waals surface area contributed by atoms with Gasteiger partial charge in [0.05, 0.1) is 5.39 Å². The number of hydrogen-bond acceptors (Lipinski definition) is 3. The fourth-order valence-electron chi connectivity index (χ4n) is 2.38. The SMILES string of the molecule is Nc1ccc(F)c2c(NCCc3ccccc3)nccc12. The Morgan fingerprint density at radius 3 is 2.67 bits per heavy atom. The lowest BCUT2D eigenvalue weighted by Gasteiger charge is -2.10. The number of pyridine rings is 1. The third-order valence-corrected chi connectivity index (χ3v) is 3.46. The number of nitrogen functional groups attached to an aromatic ring is 1. The smallest absolute Gasteiger partial charge is 0.136 e. The molecule has 1 heterocycles. The van der Waals surface area contributed by atoms with E-state index < -0.39 is 0 Å². The van der Waals surface area contributed by atoms with E-state index >= 15 is 0 Å². The molecule has 0 aliphatic heterocycles. The van der Waals surface area contributed by atoms with Crippen LogP contribution in [0, 0.1) is 5.82 Å². The molecular formula is C17H16FN3. The standard InChI is InChI=1S/C17H16FN3/c18-14-6-7-15(19)13-9-11-21-17(16(13)14)20-10-8-12-4-2-1-3-5-12/h1-7,9,11H,8,10,19H2,(H,20,21). The van der Waals surface area contributed by atoms with Crippen molar-refractivity contribution in [2.24, 2.45) is 0 Å². The predicted molar refractivity (Wildman–Crippen MR) is 84.7 cm³/mol. The van der Waals surface area contributed by atoms with Gasteiger partial charge in [-0.15, -0.1) is 0 Å². The van der Waals surface area contributed by atoms with Gasteiger partial charge < -0.3 is 11.1 Å². The zero-order valence-electron chi connectivity index (χ0n) is 11.5.